The number of benzene rings is 1. The SMILES string of the molecule is C=CCOC(=O)C1=C(COCc2ccccc2)S[C@@H]2[C@@H](C(C)O[Si](C)(C)C(C)(C)C)C(=O)N12. The number of amides is 1. The second-order valence-electron chi connectivity index (χ2n) is 9.96. The van der Waals surface area contributed by atoms with Crippen LogP contribution < -0.4 is 0 Å². The molecule has 180 valence electrons. The summed E-state index contributed by atoms with van der Waals surface area (Å²) in [5.74, 6) is -0.923. The van der Waals surface area contributed by atoms with Crippen LogP contribution in [-0.2, 0) is 30.1 Å². The summed E-state index contributed by atoms with van der Waals surface area (Å²) in [6.07, 6.45) is 1.28. The number of nitrogens with zero attached hydrogens (tertiary/aromatic N) is 1. The van der Waals surface area contributed by atoms with Gasteiger partial charge in [0.05, 0.1) is 25.2 Å². The lowest BCUT2D eigenvalue weighted by molar-refractivity contribution is -0.157. The Morgan fingerprint density at radius 3 is 2.52 bits per heavy atom. The highest BCUT2D eigenvalue weighted by Gasteiger charge is 2.59. The van der Waals surface area contributed by atoms with Gasteiger partial charge < -0.3 is 13.9 Å². The lowest BCUT2D eigenvalue weighted by Crippen LogP contribution is -2.62. The first-order chi connectivity index (χ1) is 15.5. The molecule has 0 radical (unpaired) electrons. The molecule has 2 heterocycles. The molecule has 1 saturated heterocycles. The quantitative estimate of drug-likeness (QED) is 0.198. The number of ether oxygens (including phenoxy) is 2. The number of carbonyl (C=O) groups excluding carboxylic acids is 2. The van der Waals surface area contributed by atoms with Crippen molar-refractivity contribution in [1.29, 1.82) is 0 Å². The maximum absolute atomic E-state index is 13.2. The fraction of sp³-hybridized carbons (Fsp3) is 0.520. The van der Waals surface area contributed by atoms with Crippen LogP contribution in [0.4, 0.5) is 0 Å². The maximum Gasteiger partial charge on any atom is 0.356 e. The van der Waals surface area contributed by atoms with Crippen molar-refractivity contribution in [1.82, 2.24) is 4.90 Å². The molecule has 0 N–H and O–H groups in total. The zero-order valence-electron chi connectivity index (χ0n) is 20.4. The van der Waals surface area contributed by atoms with Crippen LogP contribution in [0, 0.1) is 5.92 Å². The molecule has 1 aromatic rings. The minimum Gasteiger partial charge on any atom is -0.457 e. The second-order valence-corrected chi connectivity index (χ2v) is 15.9. The van der Waals surface area contributed by atoms with E-state index in [0.717, 1.165) is 10.5 Å². The molecule has 1 fully saturated rings. The highest BCUT2D eigenvalue weighted by molar-refractivity contribution is 8.04. The number of β-lactam (4-membered cyclic amide) rings is 1. The fourth-order valence-corrected chi connectivity index (χ4v) is 6.65. The summed E-state index contributed by atoms with van der Waals surface area (Å²) >= 11 is 1.51. The van der Waals surface area contributed by atoms with E-state index >= 15 is 0 Å². The van der Waals surface area contributed by atoms with Gasteiger partial charge in [-0.1, -0.05) is 75.5 Å². The Labute approximate surface area is 202 Å². The summed E-state index contributed by atoms with van der Waals surface area (Å²) in [7, 11) is -2.04. The number of fused-ring (bicyclic) bond motifs is 1. The largest absolute Gasteiger partial charge is 0.457 e. The molecule has 1 unspecified atom stereocenters. The van der Waals surface area contributed by atoms with Crippen molar-refractivity contribution in [3.63, 3.8) is 0 Å². The zero-order chi connectivity index (χ0) is 24.4. The number of hydrogen-bond acceptors (Lipinski definition) is 6. The van der Waals surface area contributed by atoms with Crippen molar-refractivity contribution in [2.75, 3.05) is 13.2 Å². The van der Waals surface area contributed by atoms with Gasteiger partial charge in [-0.15, -0.1) is 0 Å². The molecule has 3 rings (SSSR count). The van der Waals surface area contributed by atoms with Crippen LogP contribution in [0.25, 0.3) is 0 Å². The molecular formula is C25H35NO5SSi. The monoisotopic (exact) mass is 489 g/mol. The molecule has 3 atom stereocenters. The molecule has 0 bridgehead atoms. The number of rotatable bonds is 10. The van der Waals surface area contributed by atoms with Crippen molar-refractivity contribution in [2.45, 2.75) is 63.9 Å². The summed E-state index contributed by atoms with van der Waals surface area (Å²) in [4.78, 5) is 28.3. The van der Waals surface area contributed by atoms with Crippen molar-refractivity contribution in [2.24, 2.45) is 5.92 Å². The van der Waals surface area contributed by atoms with Crippen LogP contribution in [0.15, 0.2) is 53.6 Å². The third kappa shape index (κ3) is 5.45. The van der Waals surface area contributed by atoms with E-state index in [1.54, 1.807) is 4.90 Å². The number of esters is 1. The molecule has 0 aromatic heterocycles. The van der Waals surface area contributed by atoms with Crippen molar-refractivity contribution >= 4 is 32.0 Å². The van der Waals surface area contributed by atoms with E-state index in [-0.39, 0.29) is 41.6 Å². The molecule has 0 saturated carbocycles. The van der Waals surface area contributed by atoms with E-state index in [0.29, 0.717) is 12.3 Å². The predicted octanol–water partition coefficient (Wildman–Crippen LogP) is 5.09. The topological polar surface area (TPSA) is 65.1 Å². The maximum atomic E-state index is 13.2. The van der Waals surface area contributed by atoms with Crippen molar-refractivity contribution < 1.29 is 23.5 Å². The van der Waals surface area contributed by atoms with Gasteiger partial charge in [0.2, 0.25) is 5.91 Å². The highest BCUT2D eigenvalue weighted by Crippen LogP contribution is 2.52. The molecule has 2 aliphatic rings. The minimum atomic E-state index is -2.04. The van der Waals surface area contributed by atoms with Gasteiger partial charge in [0.1, 0.15) is 17.7 Å². The van der Waals surface area contributed by atoms with Crippen LogP contribution in [0.5, 0.6) is 0 Å². The highest BCUT2D eigenvalue weighted by atomic mass is 32.2. The van der Waals surface area contributed by atoms with Crippen molar-refractivity contribution in [3.8, 4) is 0 Å². The first kappa shape index (κ1) is 25.7. The molecule has 1 aromatic carbocycles. The molecule has 0 aliphatic carbocycles. The van der Waals surface area contributed by atoms with E-state index in [1.165, 1.54) is 17.8 Å². The molecule has 0 spiro atoms. The van der Waals surface area contributed by atoms with Gasteiger partial charge in [-0.25, -0.2) is 4.79 Å². The van der Waals surface area contributed by atoms with Crippen LogP contribution in [0.3, 0.4) is 0 Å². The van der Waals surface area contributed by atoms with Gasteiger partial charge >= 0.3 is 5.97 Å². The Morgan fingerprint density at radius 1 is 1.24 bits per heavy atom. The van der Waals surface area contributed by atoms with Crippen LogP contribution in [0.2, 0.25) is 18.1 Å². The van der Waals surface area contributed by atoms with E-state index in [4.69, 9.17) is 13.9 Å². The standard InChI is InChI=1S/C25H35NO5SSi/c1-8-14-30-24(28)21-19(16-29-15-18-12-10-9-11-13-18)32-23-20(22(27)26(21)23)17(2)31-33(6,7)25(3,4)5/h8-13,17,20,23H,1,14-16H2,2-7H3/t17?,20-,23+/m0/s1. The Kier molecular flexibility index (Phi) is 7.94. The van der Waals surface area contributed by atoms with E-state index in [1.807, 2.05) is 37.3 Å². The van der Waals surface area contributed by atoms with Gasteiger partial charge in [0.25, 0.3) is 0 Å². The van der Waals surface area contributed by atoms with Crippen molar-refractivity contribution in [3.05, 3.63) is 59.2 Å². The molecule has 2 aliphatic heterocycles. The molecule has 6 nitrogen and oxygen atoms in total. The normalized spacial score (nSPS) is 21.5. The summed E-state index contributed by atoms with van der Waals surface area (Å²) in [5, 5.41) is -0.135. The Balaban J connectivity index is 1.74. The van der Waals surface area contributed by atoms with Crippen LogP contribution in [-0.4, -0.2) is 49.8 Å². The molecule has 1 amide bonds. The van der Waals surface area contributed by atoms with Gasteiger partial charge in [-0.2, -0.15) is 0 Å². The lowest BCUT2D eigenvalue weighted by atomic mass is 9.92. The van der Waals surface area contributed by atoms with Gasteiger partial charge in [0, 0.05) is 4.91 Å². The van der Waals surface area contributed by atoms with E-state index < -0.39 is 14.3 Å². The molecular weight excluding hydrogens is 454 g/mol. The smallest absolute Gasteiger partial charge is 0.356 e. The molecule has 33 heavy (non-hydrogen) atoms. The summed E-state index contributed by atoms with van der Waals surface area (Å²) in [6, 6.07) is 9.85. The predicted molar refractivity (Wildman–Crippen MR) is 134 cm³/mol. The fourth-order valence-electron chi connectivity index (χ4n) is 3.69. The number of thioether (sulfide) groups is 1. The number of carbonyl (C=O) groups is 2. The van der Waals surface area contributed by atoms with E-state index in [2.05, 4.69) is 40.4 Å². The first-order valence-corrected chi connectivity index (χ1v) is 15.1. The van der Waals surface area contributed by atoms with Crippen LogP contribution in [0.1, 0.15) is 33.3 Å². The Hall–Kier alpha value is -1.87. The van der Waals surface area contributed by atoms with Gasteiger partial charge in [0.15, 0.2) is 8.32 Å². The molecule has 8 heteroatoms. The van der Waals surface area contributed by atoms with Gasteiger partial charge in [-0.3, -0.25) is 9.69 Å². The van der Waals surface area contributed by atoms with E-state index in [9.17, 15) is 9.59 Å². The summed E-state index contributed by atoms with van der Waals surface area (Å²) in [5.41, 5.74) is 1.34. The summed E-state index contributed by atoms with van der Waals surface area (Å²) < 4.78 is 17.7. The summed E-state index contributed by atoms with van der Waals surface area (Å²) in [6.45, 7) is 17.2. The first-order valence-electron chi connectivity index (χ1n) is 11.3. The minimum absolute atomic E-state index is 0.0465. The third-order valence-corrected chi connectivity index (χ3v) is 12.4. The lowest BCUT2D eigenvalue weighted by Gasteiger charge is -2.48. The Bertz CT molecular complexity index is 924. The number of hydrogen-bond donors (Lipinski definition) is 0. The average molecular weight is 490 g/mol. The van der Waals surface area contributed by atoms with Gasteiger partial charge in [-0.05, 0) is 30.6 Å². The zero-order valence-corrected chi connectivity index (χ0v) is 22.2. The van der Waals surface area contributed by atoms with Crippen LogP contribution >= 0.6 is 11.8 Å². The average Bonchev–Trinajstić information content (AvgIpc) is 3.06. The third-order valence-electron chi connectivity index (χ3n) is 6.52. The Morgan fingerprint density at radius 2 is 1.91 bits per heavy atom. The second kappa shape index (κ2) is 10.2.